The summed E-state index contributed by atoms with van der Waals surface area (Å²) in [6.45, 7) is 5.42. The van der Waals surface area contributed by atoms with E-state index in [9.17, 15) is 18.5 Å². The third-order valence-electron chi connectivity index (χ3n) is 5.89. The maximum Gasteiger partial charge on any atom is 0.412 e. The molecular weight excluding hydrogens is 462 g/mol. The van der Waals surface area contributed by atoms with Gasteiger partial charge in [0.1, 0.15) is 11.7 Å². The van der Waals surface area contributed by atoms with Gasteiger partial charge in [-0.15, -0.1) is 0 Å². The molecule has 0 bridgehead atoms. The van der Waals surface area contributed by atoms with Crippen molar-refractivity contribution in [2.75, 3.05) is 11.6 Å². The second-order valence-electron chi connectivity index (χ2n) is 9.90. The summed E-state index contributed by atoms with van der Waals surface area (Å²) in [5, 5.41) is 14.9. The normalized spacial score (nSPS) is 14.6. The number of aromatic nitrogens is 1. The van der Waals surface area contributed by atoms with Gasteiger partial charge in [0.2, 0.25) is 0 Å². The van der Waals surface area contributed by atoms with Crippen LogP contribution in [-0.2, 0) is 14.6 Å². The number of amides is 1. The Kier molecular flexibility index (Phi) is 6.48. The van der Waals surface area contributed by atoms with Gasteiger partial charge in [0, 0.05) is 28.8 Å². The number of sulfone groups is 1. The maximum absolute atomic E-state index is 12.1. The predicted octanol–water partition coefficient (Wildman–Crippen LogP) is 6.27. The first kappa shape index (κ1) is 24.6. The summed E-state index contributed by atoms with van der Waals surface area (Å²) in [6, 6.07) is 15.7. The molecule has 1 saturated carbocycles. The standard InChI is InChI=1S/C27H29N3O4S/c1-27(2,3)34-26(31)29-20-11-9-19(10-12-20)25-23(17-28)22-13-8-18(14-15-35(4,32)33)16-24(22)30(25)21-6-5-7-21/h8-16,21H,5-7H2,1-4H3,(H,29,31)/b15-14+. The van der Waals surface area contributed by atoms with Crippen LogP contribution in [0.2, 0.25) is 0 Å². The number of carbonyl (C=O) groups is 1. The van der Waals surface area contributed by atoms with E-state index in [1.807, 2.05) is 30.3 Å². The monoisotopic (exact) mass is 491 g/mol. The Bertz CT molecular complexity index is 1450. The molecule has 0 aliphatic heterocycles. The fourth-order valence-corrected chi connectivity index (χ4v) is 4.59. The lowest BCUT2D eigenvalue weighted by atomic mass is 9.92. The lowest BCUT2D eigenvalue weighted by molar-refractivity contribution is 0.0636. The number of rotatable bonds is 5. The minimum Gasteiger partial charge on any atom is -0.444 e. The number of nitrogens with one attached hydrogen (secondary N) is 1. The van der Waals surface area contributed by atoms with E-state index in [0.717, 1.165) is 53.2 Å². The van der Waals surface area contributed by atoms with Gasteiger partial charge in [-0.2, -0.15) is 5.26 Å². The second-order valence-corrected chi connectivity index (χ2v) is 11.8. The number of nitriles is 1. The van der Waals surface area contributed by atoms with Crippen molar-refractivity contribution >= 4 is 38.6 Å². The van der Waals surface area contributed by atoms with E-state index >= 15 is 0 Å². The largest absolute Gasteiger partial charge is 0.444 e. The minimum absolute atomic E-state index is 0.267. The first-order chi connectivity index (χ1) is 16.4. The first-order valence-electron chi connectivity index (χ1n) is 11.5. The Morgan fingerprint density at radius 2 is 1.86 bits per heavy atom. The molecular formula is C27H29N3O4S. The van der Waals surface area contributed by atoms with Gasteiger partial charge in [0.05, 0.1) is 16.8 Å². The van der Waals surface area contributed by atoms with Crippen LogP contribution in [0.3, 0.4) is 0 Å². The van der Waals surface area contributed by atoms with Crippen molar-refractivity contribution in [2.24, 2.45) is 0 Å². The highest BCUT2D eigenvalue weighted by atomic mass is 32.2. The number of nitrogens with zero attached hydrogens (tertiary/aromatic N) is 2. The Balaban J connectivity index is 1.77. The van der Waals surface area contributed by atoms with Crippen LogP contribution in [0.15, 0.2) is 47.9 Å². The summed E-state index contributed by atoms with van der Waals surface area (Å²) in [4.78, 5) is 12.1. The SMILES string of the molecule is CC(C)(C)OC(=O)Nc1ccc(-c2c(C#N)c3ccc(/C=C/S(C)(=O)=O)cc3n2C2CCC2)cc1. The van der Waals surface area contributed by atoms with Gasteiger partial charge in [-0.05, 0) is 75.4 Å². The predicted molar refractivity (Wildman–Crippen MR) is 139 cm³/mol. The van der Waals surface area contributed by atoms with Crippen molar-refractivity contribution in [3.05, 3.63) is 59.0 Å². The molecule has 0 saturated heterocycles. The maximum atomic E-state index is 12.1. The quantitative estimate of drug-likeness (QED) is 0.453. The third-order valence-corrected chi connectivity index (χ3v) is 6.52. The molecule has 0 spiro atoms. The number of hydrogen-bond acceptors (Lipinski definition) is 5. The molecule has 1 aromatic heterocycles. The number of carbonyl (C=O) groups excluding carboxylic acids is 1. The molecule has 1 aliphatic carbocycles. The number of benzene rings is 2. The fraction of sp³-hybridized carbons (Fsp3) is 0.333. The Morgan fingerprint density at radius 1 is 1.17 bits per heavy atom. The van der Waals surface area contributed by atoms with Crippen LogP contribution in [0.4, 0.5) is 10.5 Å². The Hall–Kier alpha value is -3.57. The smallest absolute Gasteiger partial charge is 0.412 e. The van der Waals surface area contributed by atoms with E-state index < -0.39 is 21.5 Å². The lowest BCUT2D eigenvalue weighted by Crippen LogP contribution is -2.27. The van der Waals surface area contributed by atoms with Gasteiger partial charge >= 0.3 is 6.09 Å². The zero-order valence-electron chi connectivity index (χ0n) is 20.3. The highest BCUT2D eigenvalue weighted by molar-refractivity contribution is 7.93. The highest BCUT2D eigenvalue weighted by Gasteiger charge is 2.28. The molecule has 0 unspecified atom stereocenters. The molecule has 3 aromatic rings. The Morgan fingerprint density at radius 3 is 2.40 bits per heavy atom. The number of fused-ring (bicyclic) bond motifs is 1. The van der Waals surface area contributed by atoms with Crippen molar-refractivity contribution in [2.45, 2.75) is 51.7 Å². The van der Waals surface area contributed by atoms with Crippen LogP contribution >= 0.6 is 0 Å². The number of ether oxygens (including phenoxy) is 1. The zero-order valence-corrected chi connectivity index (χ0v) is 21.1. The van der Waals surface area contributed by atoms with E-state index in [-0.39, 0.29) is 6.04 Å². The van der Waals surface area contributed by atoms with Gasteiger partial charge in [0.25, 0.3) is 0 Å². The molecule has 2 aromatic carbocycles. The van der Waals surface area contributed by atoms with E-state index in [1.54, 1.807) is 39.0 Å². The third kappa shape index (κ3) is 5.57. The van der Waals surface area contributed by atoms with Gasteiger partial charge < -0.3 is 9.30 Å². The van der Waals surface area contributed by atoms with Crippen molar-refractivity contribution in [3.8, 4) is 17.3 Å². The molecule has 1 N–H and O–H groups in total. The lowest BCUT2D eigenvalue weighted by Gasteiger charge is -2.30. The molecule has 0 radical (unpaired) electrons. The summed E-state index contributed by atoms with van der Waals surface area (Å²) in [5.74, 6) is 0. The van der Waals surface area contributed by atoms with Crippen molar-refractivity contribution in [3.63, 3.8) is 0 Å². The molecule has 1 heterocycles. The molecule has 4 rings (SSSR count). The van der Waals surface area contributed by atoms with E-state index in [2.05, 4.69) is 16.0 Å². The average molecular weight is 492 g/mol. The Labute approximate surface area is 205 Å². The summed E-state index contributed by atoms with van der Waals surface area (Å²) < 4.78 is 30.7. The minimum atomic E-state index is -3.25. The van der Waals surface area contributed by atoms with Crippen molar-refractivity contribution < 1.29 is 17.9 Å². The second kappa shape index (κ2) is 9.23. The molecule has 1 fully saturated rings. The van der Waals surface area contributed by atoms with Crippen molar-refractivity contribution in [1.29, 1.82) is 5.26 Å². The highest BCUT2D eigenvalue weighted by Crippen LogP contribution is 2.43. The molecule has 1 amide bonds. The topological polar surface area (TPSA) is 101 Å². The van der Waals surface area contributed by atoms with Crippen LogP contribution in [0.25, 0.3) is 28.2 Å². The van der Waals surface area contributed by atoms with Gasteiger partial charge in [-0.3, -0.25) is 5.32 Å². The van der Waals surface area contributed by atoms with E-state index in [0.29, 0.717) is 11.3 Å². The summed E-state index contributed by atoms with van der Waals surface area (Å²) >= 11 is 0. The van der Waals surface area contributed by atoms with E-state index in [4.69, 9.17) is 4.74 Å². The van der Waals surface area contributed by atoms with Gasteiger partial charge in [-0.1, -0.05) is 24.3 Å². The van der Waals surface area contributed by atoms with Crippen LogP contribution in [0, 0.1) is 11.3 Å². The number of hydrogen-bond donors (Lipinski definition) is 1. The summed E-state index contributed by atoms with van der Waals surface area (Å²) in [6.07, 6.45) is 5.37. The van der Waals surface area contributed by atoms with Gasteiger partial charge in [0.15, 0.2) is 9.84 Å². The first-order valence-corrected chi connectivity index (χ1v) is 13.5. The molecule has 182 valence electrons. The average Bonchev–Trinajstić information content (AvgIpc) is 3.03. The molecule has 7 nitrogen and oxygen atoms in total. The van der Waals surface area contributed by atoms with E-state index in [1.165, 1.54) is 5.41 Å². The van der Waals surface area contributed by atoms with Crippen LogP contribution < -0.4 is 5.32 Å². The molecule has 35 heavy (non-hydrogen) atoms. The molecule has 1 aliphatic rings. The molecule has 0 atom stereocenters. The fourth-order valence-electron chi connectivity index (χ4n) is 4.19. The summed E-state index contributed by atoms with van der Waals surface area (Å²) in [5.41, 5.74) is 3.96. The molecule has 8 heteroatoms. The van der Waals surface area contributed by atoms with Gasteiger partial charge in [-0.25, -0.2) is 13.2 Å². The van der Waals surface area contributed by atoms with Crippen LogP contribution in [-0.4, -0.2) is 30.9 Å². The number of anilines is 1. The summed E-state index contributed by atoms with van der Waals surface area (Å²) in [7, 11) is -3.25. The van der Waals surface area contributed by atoms with Crippen LogP contribution in [0.1, 0.15) is 57.2 Å². The van der Waals surface area contributed by atoms with Crippen molar-refractivity contribution in [1.82, 2.24) is 4.57 Å². The zero-order chi connectivity index (χ0) is 25.4. The van der Waals surface area contributed by atoms with Crippen LogP contribution in [0.5, 0.6) is 0 Å².